The molecule has 0 saturated carbocycles. The standard InChI is InChI=1S/C26H29N3O7S/c1-29(22-9-6-15-27-26(22)37(32,33)20-13-11-19(34-2)12-14-20)24-18(7-5-8-21(24)25(30)28-31)17-36-23-10-3-4-16-35-23/h5-9,11-15,23,31H,3-4,10,16-17H2,1-2H3,(H,28,30). The minimum absolute atomic E-state index is 0.0426. The summed E-state index contributed by atoms with van der Waals surface area (Å²) in [6, 6.07) is 14.2. The van der Waals surface area contributed by atoms with E-state index in [-0.39, 0.29) is 34.1 Å². The van der Waals surface area contributed by atoms with Gasteiger partial charge in [0.25, 0.3) is 5.91 Å². The maximum atomic E-state index is 13.6. The molecule has 0 bridgehead atoms. The van der Waals surface area contributed by atoms with E-state index in [1.165, 1.54) is 31.5 Å². The number of ether oxygens (including phenoxy) is 3. The molecule has 0 radical (unpaired) electrons. The summed E-state index contributed by atoms with van der Waals surface area (Å²) in [5, 5.41) is 9.19. The smallest absolute Gasteiger partial charge is 0.276 e. The van der Waals surface area contributed by atoms with E-state index in [0.717, 1.165) is 19.3 Å². The zero-order valence-corrected chi connectivity index (χ0v) is 21.4. The first kappa shape index (κ1) is 26.6. The third kappa shape index (κ3) is 5.75. The van der Waals surface area contributed by atoms with Crippen LogP contribution in [-0.4, -0.2) is 51.6 Å². The first-order valence-electron chi connectivity index (χ1n) is 11.7. The van der Waals surface area contributed by atoms with Crippen LogP contribution < -0.4 is 15.1 Å². The number of rotatable bonds is 9. The summed E-state index contributed by atoms with van der Waals surface area (Å²) in [6.07, 6.45) is 3.75. The van der Waals surface area contributed by atoms with E-state index in [1.807, 2.05) is 0 Å². The molecule has 37 heavy (non-hydrogen) atoms. The molecule has 1 fully saturated rings. The third-order valence-corrected chi connectivity index (χ3v) is 7.82. The third-order valence-electron chi connectivity index (χ3n) is 6.10. The normalized spacial score (nSPS) is 15.7. The van der Waals surface area contributed by atoms with Crippen LogP contribution >= 0.6 is 0 Å². The number of methoxy groups -OCH3 is 1. The Balaban J connectivity index is 1.76. The Labute approximate surface area is 215 Å². The number of hydrogen-bond donors (Lipinski definition) is 2. The van der Waals surface area contributed by atoms with Crippen LogP contribution in [0.5, 0.6) is 5.75 Å². The van der Waals surface area contributed by atoms with Crippen LogP contribution in [0, 0.1) is 0 Å². The summed E-state index contributed by atoms with van der Waals surface area (Å²) in [6.45, 7) is 0.727. The second-order valence-electron chi connectivity index (χ2n) is 8.43. The summed E-state index contributed by atoms with van der Waals surface area (Å²) >= 11 is 0. The average Bonchev–Trinajstić information content (AvgIpc) is 2.95. The van der Waals surface area contributed by atoms with Crippen molar-refractivity contribution < 1.29 is 32.6 Å². The SMILES string of the molecule is COc1ccc(S(=O)(=O)c2ncccc2N(C)c2c(COC3CCCCO3)cccc2C(=O)NO)cc1. The second kappa shape index (κ2) is 11.7. The van der Waals surface area contributed by atoms with Crippen molar-refractivity contribution in [2.75, 3.05) is 25.7 Å². The van der Waals surface area contributed by atoms with Crippen LogP contribution in [0.1, 0.15) is 35.2 Å². The van der Waals surface area contributed by atoms with E-state index in [9.17, 15) is 18.4 Å². The summed E-state index contributed by atoms with van der Waals surface area (Å²) in [5.41, 5.74) is 3.01. The van der Waals surface area contributed by atoms with E-state index in [4.69, 9.17) is 14.2 Å². The van der Waals surface area contributed by atoms with E-state index in [0.29, 0.717) is 23.6 Å². The predicted molar refractivity (Wildman–Crippen MR) is 135 cm³/mol. The average molecular weight is 528 g/mol. The Morgan fingerprint density at radius 3 is 2.62 bits per heavy atom. The van der Waals surface area contributed by atoms with Crippen molar-refractivity contribution in [1.82, 2.24) is 10.5 Å². The van der Waals surface area contributed by atoms with E-state index in [2.05, 4.69) is 4.98 Å². The van der Waals surface area contributed by atoms with Gasteiger partial charge in [0.1, 0.15) is 5.75 Å². The van der Waals surface area contributed by atoms with Crippen molar-refractivity contribution in [2.45, 2.75) is 42.1 Å². The number of benzene rings is 2. The highest BCUT2D eigenvalue weighted by molar-refractivity contribution is 7.91. The van der Waals surface area contributed by atoms with Crippen molar-refractivity contribution in [2.24, 2.45) is 0 Å². The Hall–Kier alpha value is -3.51. The summed E-state index contributed by atoms with van der Waals surface area (Å²) in [7, 11) is -0.908. The minimum atomic E-state index is -4.04. The molecule has 196 valence electrons. The quantitative estimate of drug-likeness (QED) is 0.315. The number of carbonyl (C=O) groups is 1. The molecule has 11 heteroatoms. The van der Waals surface area contributed by atoms with Gasteiger partial charge in [-0.3, -0.25) is 10.0 Å². The van der Waals surface area contributed by atoms with Crippen molar-refractivity contribution in [3.8, 4) is 5.75 Å². The molecule has 1 amide bonds. The van der Waals surface area contributed by atoms with E-state index < -0.39 is 15.7 Å². The number of hydrogen-bond acceptors (Lipinski definition) is 9. The zero-order chi connectivity index (χ0) is 26.4. The number of nitrogens with one attached hydrogen (secondary N) is 1. The van der Waals surface area contributed by atoms with Gasteiger partial charge in [0.05, 0.1) is 35.6 Å². The van der Waals surface area contributed by atoms with Crippen LogP contribution in [0.25, 0.3) is 0 Å². The topological polar surface area (TPSA) is 127 Å². The molecule has 1 saturated heterocycles. The molecule has 0 aliphatic carbocycles. The second-order valence-corrected chi connectivity index (χ2v) is 10.3. The first-order chi connectivity index (χ1) is 17.9. The fourth-order valence-electron chi connectivity index (χ4n) is 4.20. The zero-order valence-electron chi connectivity index (χ0n) is 20.6. The van der Waals surface area contributed by atoms with Crippen molar-refractivity contribution >= 4 is 27.1 Å². The summed E-state index contributed by atoms with van der Waals surface area (Å²) in [5.74, 6) is -0.228. The van der Waals surface area contributed by atoms with Crippen LogP contribution in [0.3, 0.4) is 0 Å². The van der Waals surface area contributed by atoms with E-state index in [1.54, 1.807) is 53.8 Å². The van der Waals surface area contributed by atoms with Crippen LogP contribution in [0.4, 0.5) is 11.4 Å². The maximum absolute atomic E-state index is 13.6. The highest BCUT2D eigenvalue weighted by Gasteiger charge is 2.28. The van der Waals surface area contributed by atoms with Crippen molar-refractivity contribution in [3.63, 3.8) is 0 Å². The Morgan fingerprint density at radius 2 is 1.95 bits per heavy atom. The molecule has 1 aliphatic rings. The van der Waals surface area contributed by atoms with Crippen LogP contribution in [-0.2, 0) is 25.9 Å². The molecular formula is C26H29N3O7S. The Bertz CT molecular complexity index is 1340. The predicted octanol–water partition coefficient (Wildman–Crippen LogP) is 3.85. The number of aromatic nitrogens is 1. The summed E-state index contributed by atoms with van der Waals surface area (Å²) < 4.78 is 43.9. The number of nitrogens with zero attached hydrogens (tertiary/aromatic N) is 2. The number of sulfone groups is 1. The number of hydroxylamine groups is 1. The first-order valence-corrected chi connectivity index (χ1v) is 13.2. The summed E-state index contributed by atoms with van der Waals surface area (Å²) in [4.78, 5) is 18.4. The largest absolute Gasteiger partial charge is 0.497 e. The van der Waals surface area contributed by atoms with Gasteiger partial charge in [0.2, 0.25) is 9.84 Å². The van der Waals surface area contributed by atoms with Crippen molar-refractivity contribution in [3.05, 3.63) is 71.9 Å². The fourth-order valence-corrected chi connectivity index (χ4v) is 5.60. The Kier molecular flexibility index (Phi) is 8.39. The lowest BCUT2D eigenvalue weighted by Crippen LogP contribution is -2.26. The van der Waals surface area contributed by atoms with Crippen LogP contribution in [0.15, 0.2) is 70.7 Å². The van der Waals surface area contributed by atoms with Crippen LogP contribution in [0.2, 0.25) is 0 Å². The minimum Gasteiger partial charge on any atom is -0.497 e. The molecule has 0 spiro atoms. The van der Waals surface area contributed by atoms with Gasteiger partial charge >= 0.3 is 0 Å². The lowest BCUT2D eigenvalue weighted by Gasteiger charge is -2.28. The highest BCUT2D eigenvalue weighted by Crippen LogP contribution is 2.36. The number of amides is 1. The lowest BCUT2D eigenvalue weighted by atomic mass is 10.0. The van der Waals surface area contributed by atoms with Gasteiger partial charge in [-0.25, -0.2) is 18.9 Å². The molecule has 4 rings (SSSR count). The molecule has 2 N–H and O–H groups in total. The van der Waals surface area contributed by atoms with Gasteiger partial charge in [0.15, 0.2) is 11.3 Å². The van der Waals surface area contributed by atoms with Crippen molar-refractivity contribution in [1.29, 1.82) is 0 Å². The molecule has 1 unspecified atom stereocenters. The van der Waals surface area contributed by atoms with Gasteiger partial charge in [-0.15, -0.1) is 0 Å². The molecule has 3 aromatic rings. The highest BCUT2D eigenvalue weighted by atomic mass is 32.2. The molecule has 10 nitrogen and oxygen atoms in total. The molecule has 1 aromatic heterocycles. The number of pyridine rings is 1. The van der Waals surface area contributed by atoms with Gasteiger partial charge in [0, 0.05) is 25.4 Å². The molecular weight excluding hydrogens is 498 g/mol. The monoisotopic (exact) mass is 527 g/mol. The van der Waals surface area contributed by atoms with Gasteiger partial charge in [-0.1, -0.05) is 12.1 Å². The number of para-hydroxylation sites is 1. The van der Waals surface area contributed by atoms with E-state index >= 15 is 0 Å². The molecule has 2 aromatic carbocycles. The number of anilines is 2. The fraction of sp³-hybridized carbons (Fsp3) is 0.308. The lowest BCUT2D eigenvalue weighted by molar-refractivity contribution is -0.168. The molecule has 1 aliphatic heterocycles. The van der Waals surface area contributed by atoms with Gasteiger partial charge < -0.3 is 19.1 Å². The Morgan fingerprint density at radius 1 is 1.16 bits per heavy atom. The van der Waals surface area contributed by atoms with Gasteiger partial charge in [-0.05, 0) is 61.7 Å². The molecule has 1 atom stereocenters. The number of carbonyl (C=O) groups excluding carboxylic acids is 1. The maximum Gasteiger partial charge on any atom is 0.276 e. The van der Waals surface area contributed by atoms with Gasteiger partial charge in [-0.2, -0.15) is 0 Å². The molecule has 2 heterocycles.